The van der Waals surface area contributed by atoms with Crippen LogP contribution in [0.25, 0.3) is 16.4 Å². The zero-order valence-corrected chi connectivity index (χ0v) is 15.2. The molecule has 1 aliphatic heterocycles. The molecule has 30 heavy (non-hydrogen) atoms. The number of rotatable bonds is 2. The normalized spacial score (nSPS) is 19.6. The lowest BCUT2D eigenvalue weighted by molar-refractivity contribution is -0.254. The highest BCUT2D eigenvalue weighted by Gasteiger charge is 2.63. The van der Waals surface area contributed by atoms with Crippen LogP contribution in [0.5, 0.6) is 0 Å². The van der Waals surface area contributed by atoms with Gasteiger partial charge in [0, 0.05) is 6.07 Å². The number of hydrazone groups is 1. The third kappa shape index (κ3) is 2.66. The minimum absolute atomic E-state index is 0.0538. The molecule has 0 amide bonds. The van der Waals surface area contributed by atoms with Crippen LogP contribution in [0, 0.1) is 0 Å². The van der Waals surface area contributed by atoms with Crippen molar-refractivity contribution in [1.29, 1.82) is 0 Å². The first-order valence-corrected chi connectivity index (χ1v) is 8.88. The molecule has 3 heterocycles. The molecule has 0 saturated heterocycles. The zero-order chi connectivity index (χ0) is 21.1. The van der Waals surface area contributed by atoms with Gasteiger partial charge in [0.15, 0.2) is 5.65 Å². The Morgan fingerprint density at radius 2 is 1.83 bits per heavy atom. The lowest BCUT2D eigenvalue weighted by Crippen LogP contribution is -2.55. The lowest BCUT2D eigenvalue weighted by Gasteiger charge is -2.33. The smallest absolute Gasteiger partial charge is 0.383 e. The summed E-state index contributed by atoms with van der Waals surface area (Å²) >= 11 is 0. The summed E-state index contributed by atoms with van der Waals surface area (Å²) in [5.41, 5.74) is 3.09. The Morgan fingerprint density at radius 3 is 2.60 bits per heavy atom. The van der Waals surface area contributed by atoms with E-state index in [0.717, 1.165) is 21.6 Å². The first kappa shape index (κ1) is 18.3. The third-order valence-electron chi connectivity index (χ3n) is 4.98. The molecule has 0 bridgehead atoms. The average molecular weight is 413 g/mol. The number of anilines is 2. The second kappa shape index (κ2) is 6.13. The van der Waals surface area contributed by atoms with Crippen molar-refractivity contribution in [3.05, 3.63) is 60.4 Å². The molecule has 1 atom stereocenters. The molecule has 0 saturated carbocycles. The molecule has 11 heteroatoms. The zero-order valence-electron chi connectivity index (χ0n) is 15.2. The fourth-order valence-corrected chi connectivity index (χ4v) is 3.47. The van der Waals surface area contributed by atoms with E-state index in [4.69, 9.17) is 5.73 Å². The number of nitrogen functional groups attached to an aromatic ring is 1. The van der Waals surface area contributed by atoms with E-state index in [1.807, 2.05) is 24.3 Å². The van der Waals surface area contributed by atoms with Gasteiger partial charge in [-0.1, -0.05) is 36.4 Å². The van der Waals surface area contributed by atoms with Gasteiger partial charge in [0.1, 0.15) is 12.1 Å². The van der Waals surface area contributed by atoms with Gasteiger partial charge in [-0.15, -0.1) is 0 Å². The maximum absolute atomic E-state index is 14.0. The highest BCUT2D eigenvalue weighted by Crippen LogP contribution is 2.43. The van der Waals surface area contributed by atoms with E-state index in [0.29, 0.717) is 10.6 Å². The summed E-state index contributed by atoms with van der Waals surface area (Å²) in [6.45, 7) is 0. The van der Waals surface area contributed by atoms with E-state index in [-0.39, 0.29) is 17.2 Å². The molecule has 1 aliphatic rings. The number of aromatic nitrogens is 4. The number of halogens is 3. The number of hydrogen-bond donors (Lipinski definition) is 2. The molecule has 2 aromatic carbocycles. The Hall–Kier alpha value is -3.73. The quantitative estimate of drug-likeness (QED) is 0.524. The highest BCUT2D eigenvalue weighted by molar-refractivity contribution is 6.06. The number of hydrogen-bond acceptors (Lipinski definition) is 7. The second-order valence-electron chi connectivity index (χ2n) is 6.92. The van der Waals surface area contributed by atoms with Crippen LogP contribution < -0.4 is 10.7 Å². The van der Waals surface area contributed by atoms with Gasteiger partial charge in [0.25, 0.3) is 11.7 Å². The Kier molecular flexibility index (Phi) is 3.74. The largest absolute Gasteiger partial charge is 0.438 e. The summed E-state index contributed by atoms with van der Waals surface area (Å²) in [5.74, 6) is -0.470. The highest BCUT2D eigenvalue weighted by atomic mass is 19.4. The van der Waals surface area contributed by atoms with Crippen molar-refractivity contribution < 1.29 is 18.3 Å². The molecule has 5 rings (SSSR count). The summed E-state index contributed by atoms with van der Waals surface area (Å²) in [4.78, 5) is 7.87. The van der Waals surface area contributed by atoms with Crippen molar-refractivity contribution in [1.82, 2.24) is 19.6 Å². The number of fused-ring (bicyclic) bond motifs is 2. The summed E-state index contributed by atoms with van der Waals surface area (Å²) in [6, 6.07) is 14.0. The predicted molar refractivity (Wildman–Crippen MR) is 104 cm³/mol. The molecule has 0 spiro atoms. The molecule has 2 aromatic heterocycles. The van der Waals surface area contributed by atoms with E-state index < -0.39 is 24.3 Å². The van der Waals surface area contributed by atoms with Crippen LogP contribution >= 0.6 is 0 Å². The molecular formula is C19H14F3N7O. The third-order valence-corrected chi connectivity index (χ3v) is 4.98. The van der Waals surface area contributed by atoms with Crippen LogP contribution in [-0.2, 0) is 0 Å². The van der Waals surface area contributed by atoms with Crippen molar-refractivity contribution in [2.45, 2.75) is 18.3 Å². The van der Waals surface area contributed by atoms with Crippen LogP contribution in [0.2, 0.25) is 0 Å². The molecule has 8 nitrogen and oxygen atoms in total. The minimum Gasteiger partial charge on any atom is -0.383 e. The van der Waals surface area contributed by atoms with Crippen molar-refractivity contribution in [3.8, 4) is 0 Å². The van der Waals surface area contributed by atoms with Gasteiger partial charge >= 0.3 is 6.18 Å². The van der Waals surface area contributed by atoms with Gasteiger partial charge in [-0.05, 0) is 22.4 Å². The Balaban J connectivity index is 1.69. The minimum atomic E-state index is -5.03. The van der Waals surface area contributed by atoms with Crippen molar-refractivity contribution in [2.75, 3.05) is 10.7 Å². The standard InChI is InChI=1S/C19H14F3N7O/c20-19(21,22)18(30)9-14(13-6-5-11-3-1-2-4-12(11)7-13)27-29(18)17-26-15(23)8-16-24-10-25-28(16)17/h1-8,10,30H,9,23H2/t18-/m0/s1. The predicted octanol–water partition coefficient (Wildman–Crippen LogP) is 2.73. The molecular weight excluding hydrogens is 399 g/mol. The first-order chi connectivity index (χ1) is 14.3. The number of nitrogens with two attached hydrogens (primary N) is 1. The van der Waals surface area contributed by atoms with E-state index in [9.17, 15) is 18.3 Å². The maximum atomic E-state index is 14.0. The van der Waals surface area contributed by atoms with Crippen LogP contribution in [0.1, 0.15) is 12.0 Å². The number of benzene rings is 2. The Bertz CT molecular complexity index is 1320. The van der Waals surface area contributed by atoms with Gasteiger partial charge in [-0.3, -0.25) is 0 Å². The maximum Gasteiger partial charge on any atom is 0.438 e. The molecule has 0 aliphatic carbocycles. The number of aliphatic hydroxyl groups is 1. The Labute approximate surface area is 167 Å². The van der Waals surface area contributed by atoms with E-state index in [1.165, 1.54) is 6.07 Å². The van der Waals surface area contributed by atoms with Gasteiger partial charge < -0.3 is 10.8 Å². The average Bonchev–Trinajstić information content (AvgIpc) is 3.31. The number of alkyl halides is 3. The van der Waals surface area contributed by atoms with Crippen molar-refractivity contribution >= 4 is 33.9 Å². The molecule has 0 unspecified atom stereocenters. The number of nitrogens with zero attached hydrogens (tertiary/aromatic N) is 6. The summed E-state index contributed by atoms with van der Waals surface area (Å²) in [7, 11) is 0. The van der Waals surface area contributed by atoms with E-state index >= 15 is 0 Å². The van der Waals surface area contributed by atoms with Crippen molar-refractivity contribution in [3.63, 3.8) is 0 Å². The lowest BCUT2D eigenvalue weighted by atomic mass is 9.98. The van der Waals surface area contributed by atoms with Crippen LogP contribution in [-0.4, -0.2) is 42.3 Å². The van der Waals surface area contributed by atoms with E-state index in [2.05, 4.69) is 20.2 Å². The van der Waals surface area contributed by atoms with Gasteiger partial charge in [0.05, 0.1) is 12.1 Å². The topological polar surface area (TPSA) is 105 Å². The fraction of sp³-hybridized carbons (Fsp3) is 0.158. The second-order valence-corrected chi connectivity index (χ2v) is 6.92. The molecule has 0 fully saturated rings. The molecule has 0 radical (unpaired) electrons. The summed E-state index contributed by atoms with van der Waals surface area (Å²) in [6.07, 6.45) is -4.67. The van der Waals surface area contributed by atoms with Gasteiger partial charge in [0.2, 0.25) is 0 Å². The molecule has 152 valence electrons. The summed E-state index contributed by atoms with van der Waals surface area (Å²) in [5, 5.41) is 20.9. The van der Waals surface area contributed by atoms with E-state index in [1.54, 1.807) is 18.2 Å². The van der Waals surface area contributed by atoms with Gasteiger partial charge in [-0.2, -0.15) is 37.9 Å². The summed E-state index contributed by atoms with van der Waals surface area (Å²) < 4.78 is 43.0. The Morgan fingerprint density at radius 1 is 1.07 bits per heavy atom. The van der Waals surface area contributed by atoms with Gasteiger partial charge in [-0.25, -0.2) is 4.98 Å². The fourth-order valence-electron chi connectivity index (χ4n) is 3.47. The van der Waals surface area contributed by atoms with Crippen LogP contribution in [0.3, 0.4) is 0 Å². The van der Waals surface area contributed by atoms with Crippen LogP contribution in [0.15, 0.2) is 60.0 Å². The monoisotopic (exact) mass is 413 g/mol. The molecule has 4 aromatic rings. The molecule has 3 N–H and O–H groups in total. The first-order valence-electron chi connectivity index (χ1n) is 8.88. The van der Waals surface area contributed by atoms with Crippen LogP contribution in [0.4, 0.5) is 24.9 Å². The van der Waals surface area contributed by atoms with Crippen molar-refractivity contribution in [2.24, 2.45) is 5.10 Å². The SMILES string of the molecule is Nc1cc2ncnn2c(N2N=C(c3ccc4ccccc4c3)C[C@]2(O)C(F)(F)F)n1.